The molecule has 1 aliphatic rings. The van der Waals surface area contributed by atoms with Crippen LogP contribution in [0.2, 0.25) is 0 Å². The summed E-state index contributed by atoms with van der Waals surface area (Å²) in [6.07, 6.45) is 7.55. The number of hydrogen-bond donors (Lipinski definition) is 1. The fraction of sp³-hybridized carbons (Fsp3) is 1.00. The van der Waals surface area contributed by atoms with E-state index in [9.17, 15) is 0 Å². The van der Waals surface area contributed by atoms with Gasteiger partial charge in [-0.15, -0.1) is 11.8 Å². The van der Waals surface area contributed by atoms with E-state index in [0.29, 0.717) is 17.5 Å². The summed E-state index contributed by atoms with van der Waals surface area (Å²) in [4.78, 5) is 0. The van der Waals surface area contributed by atoms with Crippen LogP contribution >= 0.6 is 11.8 Å². The van der Waals surface area contributed by atoms with E-state index in [1.54, 1.807) is 0 Å². The lowest BCUT2D eigenvalue weighted by atomic mass is 9.92. The van der Waals surface area contributed by atoms with E-state index in [0.717, 1.165) is 0 Å². The molecule has 96 valence electrons. The second kappa shape index (κ2) is 6.27. The van der Waals surface area contributed by atoms with Gasteiger partial charge in [-0.3, -0.25) is 0 Å². The van der Waals surface area contributed by atoms with Gasteiger partial charge in [0, 0.05) is 6.04 Å². The second-order valence-electron chi connectivity index (χ2n) is 5.75. The molecule has 0 spiro atoms. The average molecular weight is 245 g/mol. The molecule has 0 amide bonds. The molecule has 0 radical (unpaired) electrons. The van der Waals surface area contributed by atoms with Crippen LogP contribution in [0.4, 0.5) is 0 Å². The third kappa shape index (κ3) is 5.55. The van der Waals surface area contributed by atoms with Crippen LogP contribution in [0, 0.1) is 0 Å². The molecule has 0 aromatic rings. The summed E-state index contributed by atoms with van der Waals surface area (Å²) < 4.78 is 6.03. The SMILES string of the molecule is CSC(C)N[C@H]1CC[C@H](OC(C)(C)C)CC1. The predicted molar refractivity (Wildman–Crippen MR) is 73.0 cm³/mol. The highest BCUT2D eigenvalue weighted by molar-refractivity contribution is 7.99. The molecular formula is C13H27NOS. The van der Waals surface area contributed by atoms with E-state index in [2.05, 4.69) is 39.3 Å². The van der Waals surface area contributed by atoms with E-state index in [4.69, 9.17) is 4.74 Å². The minimum Gasteiger partial charge on any atom is -0.373 e. The maximum absolute atomic E-state index is 6.03. The van der Waals surface area contributed by atoms with Crippen LogP contribution in [0.5, 0.6) is 0 Å². The zero-order chi connectivity index (χ0) is 12.2. The summed E-state index contributed by atoms with van der Waals surface area (Å²) in [6.45, 7) is 8.68. The van der Waals surface area contributed by atoms with E-state index in [-0.39, 0.29) is 5.60 Å². The smallest absolute Gasteiger partial charge is 0.0602 e. The molecule has 0 bridgehead atoms. The van der Waals surface area contributed by atoms with Crippen molar-refractivity contribution >= 4 is 11.8 Å². The normalized spacial score (nSPS) is 29.1. The van der Waals surface area contributed by atoms with E-state index in [1.165, 1.54) is 25.7 Å². The van der Waals surface area contributed by atoms with Crippen LogP contribution in [-0.2, 0) is 4.74 Å². The van der Waals surface area contributed by atoms with Gasteiger partial charge in [-0.25, -0.2) is 0 Å². The number of thioether (sulfide) groups is 1. The molecule has 0 aliphatic heterocycles. The summed E-state index contributed by atoms with van der Waals surface area (Å²) in [6, 6.07) is 0.697. The second-order valence-corrected chi connectivity index (χ2v) is 6.93. The predicted octanol–water partition coefficient (Wildman–Crippen LogP) is 3.41. The number of rotatable bonds is 4. The minimum atomic E-state index is 0.0114. The van der Waals surface area contributed by atoms with Crippen molar-refractivity contribution in [1.82, 2.24) is 5.32 Å². The number of hydrogen-bond acceptors (Lipinski definition) is 3. The van der Waals surface area contributed by atoms with Gasteiger partial charge in [0.15, 0.2) is 0 Å². The Balaban J connectivity index is 2.23. The van der Waals surface area contributed by atoms with Gasteiger partial charge in [0.2, 0.25) is 0 Å². The molecule has 3 heteroatoms. The van der Waals surface area contributed by atoms with Crippen molar-refractivity contribution in [3.05, 3.63) is 0 Å². The fourth-order valence-electron chi connectivity index (χ4n) is 2.25. The largest absolute Gasteiger partial charge is 0.373 e. The standard InChI is InChI=1S/C13H27NOS/c1-10(16-5)14-11-6-8-12(9-7-11)15-13(2,3)4/h10-12,14H,6-9H2,1-5H3/t10?,11-,12-. The van der Waals surface area contributed by atoms with Gasteiger partial charge in [0.05, 0.1) is 17.1 Å². The first-order chi connectivity index (χ1) is 7.40. The molecule has 0 heterocycles. The summed E-state index contributed by atoms with van der Waals surface area (Å²) in [7, 11) is 0. The molecule has 1 rings (SSSR count). The lowest BCUT2D eigenvalue weighted by molar-refractivity contribution is -0.0759. The van der Waals surface area contributed by atoms with Gasteiger partial charge in [0.1, 0.15) is 0 Å². The summed E-state index contributed by atoms with van der Waals surface area (Å²) in [5, 5.41) is 4.23. The highest BCUT2D eigenvalue weighted by Gasteiger charge is 2.25. The van der Waals surface area contributed by atoms with E-state index in [1.807, 2.05) is 11.8 Å². The molecule has 0 saturated heterocycles. The Labute approximate surface area is 105 Å². The molecule has 0 aromatic carbocycles. The topological polar surface area (TPSA) is 21.3 Å². The molecule has 1 atom stereocenters. The molecule has 1 saturated carbocycles. The van der Waals surface area contributed by atoms with Crippen LogP contribution in [0.25, 0.3) is 0 Å². The van der Waals surface area contributed by atoms with Gasteiger partial charge < -0.3 is 10.1 Å². The molecule has 1 unspecified atom stereocenters. The maximum Gasteiger partial charge on any atom is 0.0602 e. The third-order valence-electron chi connectivity index (χ3n) is 3.02. The highest BCUT2D eigenvalue weighted by atomic mass is 32.2. The van der Waals surface area contributed by atoms with Crippen LogP contribution in [0.3, 0.4) is 0 Å². The van der Waals surface area contributed by atoms with Gasteiger partial charge in [-0.05, 0) is 59.6 Å². The summed E-state index contributed by atoms with van der Waals surface area (Å²) in [5.74, 6) is 0. The average Bonchev–Trinajstić information content (AvgIpc) is 2.18. The monoisotopic (exact) mass is 245 g/mol. The van der Waals surface area contributed by atoms with Gasteiger partial charge in [0.25, 0.3) is 0 Å². The van der Waals surface area contributed by atoms with E-state index >= 15 is 0 Å². The van der Waals surface area contributed by atoms with Crippen molar-refractivity contribution in [2.45, 2.75) is 76.5 Å². The van der Waals surface area contributed by atoms with Crippen molar-refractivity contribution < 1.29 is 4.74 Å². The van der Waals surface area contributed by atoms with Gasteiger partial charge in [-0.2, -0.15) is 0 Å². The molecular weight excluding hydrogens is 218 g/mol. The Morgan fingerprint density at radius 3 is 2.19 bits per heavy atom. The Morgan fingerprint density at radius 2 is 1.75 bits per heavy atom. The maximum atomic E-state index is 6.03. The van der Waals surface area contributed by atoms with Gasteiger partial charge in [-0.1, -0.05) is 0 Å². The highest BCUT2D eigenvalue weighted by Crippen LogP contribution is 2.25. The first-order valence-corrected chi connectivity index (χ1v) is 7.66. The van der Waals surface area contributed by atoms with Crippen molar-refractivity contribution in [2.75, 3.05) is 6.26 Å². The van der Waals surface area contributed by atoms with Crippen molar-refractivity contribution in [3.63, 3.8) is 0 Å². The molecule has 1 fully saturated rings. The molecule has 1 aliphatic carbocycles. The van der Waals surface area contributed by atoms with Crippen molar-refractivity contribution in [3.8, 4) is 0 Å². The van der Waals surface area contributed by atoms with E-state index < -0.39 is 0 Å². The van der Waals surface area contributed by atoms with Crippen LogP contribution in [-0.4, -0.2) is 29.4 Å². The lowest BCUT2D eigenvalue weighted by Gasteiger charge is -2.34. The minimum absolute atomic E-state index is 0.0114. The first-order valence-electron chi connectivity index (χ1n) is 6.37. The number of ether oxygens (including phenoxy) is 1. The molecule has 1 N–H and O–H groups in total. The lowest BCUT2D eigenvalue weighted by Crippen LogP contribution is -2.40. The van der Waals surface area contributed by atoms with Crippen LogP contribution < -0.4 is 5.32 Å². The zero-order valence-electron chi connectivity index (χ0n) is 11.4. The number of nitrogens with one attached hydrogen (secondary N) is 1. The third-order valence-corrected chi connectivity index (χ3v) is 3.86. The first kappa shape index (κ1) is 14.3. The Bertz CT molecular complexity index is 195. The van der Waals surface area contributed by atoms with Gasteiger partial charge >= 0.3 is 0 Å². The van der Waals surface area contributed by atoms with Crippen LogP contribution in [0.15, 0.2) is 0 Å². The van der Waals surface area contributed by atoms with Crippen LogP contribution in [0.1, 0.15) is 53.4 Å². The zero-order valence-corrected chi connectivity index (χ0v) is 12.2. The molecule has 2 nitrogen and oxygen atoms in total. The Morgan fingerprint density at radius 1 is 1.19 bits per heavy atom. The Hall–Kier alpha value is 0.270. The molecule has 16 heavy (non-hydrogen) atoms. The Kier molecular flexibility index (Phi) is 5.62. The molecule has 0 aromatic heterocycles. The fourth-order valence-corrected chi connectivity index (χ4v) is 2.58. The summed E-state index contributed by atoms with van der Waals surface area (Å²) >= 11 is 1.89. The summed E-state index contributed by atoms with van der Waals surface area (Å²) in [5.41, 5.74) is 0.0114. The van der Waals surface area contributed by atoms with Crippen molar-refractivity contribution in [1.29, 1.82) is 0 Å². The van der Waals surface area contributed by atoms with Crippen molar-refractivity contribution in [2.24, 2.45) is 0 Å². The quantitative estimate of drug-likeness (QED) is 0.767.